The van der Waals surface area contributed by atoms with Crippen molar-refractivity contribution in [2.24, 2.45) is 5.73 Å². The minimum absolute atomic E-state index is 0. The van der Waals surface area contributed by atoms with E-state index in [9.17, 15) is 0 Å². The molecule has 0 heterocycles. The zero-order valence-electron chi connectivity index (χ0n) is 9.54. The summed E-state index contributed by atoms with van der Waals surface area (Å²) in [6.07, 6.45) is 4.56. The first-order valence-electron chi connectivity index (χ1n) is 4.96. The van der Waals surface area contributed by atoms with Crippen molar-refractivity contribution in [3.8, 4) is 0 Å². The summed E-state index contributed by atoms with van der Waals surface area (Å²) in [6.45, 7) is 0. The molecular weight excluding hydrogens is 307 g/mol. The van der Waals surface area contributed by atoms with Gasteiger partial charge in [0.15, 0.2) is 0 Å². The van der Waals surface area contributed by atoms with Crippen LogP contribution in [0.15, 0.2) is 42.1 Å². The van der Waals surface area contributed by atoms with Gasteiger partial charge in [-0.3, -0.25) is 0 Å². The maximum atomic E-state index is 5.82. The molecule has 0 atom stereocenters. The molecule has 0 saturated heterocycles. The highest BCUT2D eigenvalue weighted by atomic mass is 35.5. The number of hydrogen-bond acceptors (Lipinski definition) is 4. The highest BCUT2D eigenvalue weighted by molar-refractivity contribution is 8.01. The fraction of sp³-hybridized carbons (Fsp3) is 0.167. The Kier molecular flexibility index (Phi) is 6.51. The van der Waals surface area contributed by atoms with E-state index in [0.29, 0.717) is 12.1 Å². The van der Waals surface area contributed by atoms with Gasteiger partial charge in [0.25, 0.3) is 0 Å². The van der Waals surface area contributed by atoms with Crippen molar-refractivity contribution in [2.45, 2.75) is 10.5 Å². The number of benzene rings is 1. The van der Waals surface area contributed by atoms with Gasteiger partial charge in [0.2, 0.25) is 0 Å². The third-order valence-electron chi connectivity index (χ3n) is 2.64. The number of halogens is 2. The van der Waals surface area contributed by atoms with Crippen LogP contribution >= 0.6 is 50.1 Å². The molecule has 0 fully saturated rings. The van der Waals surface area contributed by atoms with Gasteiger partial charge in [0.1, 0.15) is 0 Å². The zero-order valence-corrected chi connectivity index (χ0v) is 13.0. The Morgan fingerprint density at radius 2 is 1.50 bits per heavy atom. The number of nitrogen functional groups attached to an aromatic ring is 1. The number of thiol groups is 2. The molecule has 1 aliphatic carbocycles. The summed E-state index contributed by atoms with van der Waals surface area (Å²) < 4.78 is -0.564. The van der Waals surface area contributed by atoms with Crippen LogP contribution in [0, 0.1) is 0 Å². The van der Waals surface area contributed by atoms with Crippen LogP contribution in [0.5, 0.6) is 0 Å². The largest absolute Gasteiger partial charge is 0.400 e. The molecule has 100 valence electrons. The molecule has 1 aliphatic rings. The molecule has 0 saturated carbocycles. The molecule has 6 heteroatoms. The van der Waals surface area contributed by atoms with Gasteiger partial charge in [-0.05, 0) is 29.3 Å². The molecule has 0 aromatic heterocycles. The lowest BCUT2D eigenvalue weighted by Crippen LogP contribution is -2.25. The fourth-order valence-electron chi connectivity index (χ4n) is 1.65. The average Bonchev–Trinajstić information content (AvgIpc) is 2.23. The lowest BCUT2D eigenvalue weighted by Gasteiger charge is -2.27. The van der Waals surface area contributed by atoms with Gasteiger partial charge in [-0.1, -0.05) is 18.2 Å². The Morgan fingerprint density at radius 1 is 0.944 bits per heavy atom. The van der Waals surface area contributed by atoms with Gasteiger partial charge in [-0.15, -0.1) is 24.8 Å². The molecule has 1 aromatic carbocycles. The highest BCUT2D eigenvalue weighted by Gasteiger charge is 2.27. The van der Waals surface area contributed by atoms with E-state index in [-0.39, 0.29) is 24.8 Å². The van der Waals surface area contributed by atoms with Gasteiger partial charge < -0.3 is 11.5 Å². The predicted molar refractivity (Wildman–Crippen MR) is 90.9 cm³/mol. The van der Waals surface area contributed by atoms with Crippen molar-refractivity contribution in [1.82, 2.24) is 0 Å². The first kappa shape index (κ1) is 17.6. The van der Waals surface area contributed by atoms with Crippen LogP contribution in [0.1, 0.15) is 12.0 Å². The molecule has 0 unspecified atom stereocenters. The number of allylic oxidation sites excluding steroid dienone is 3. The summed E-state index contributed by atoms with van der Waals surface area (Å²) in [6, 6.07) is 7.76. The number of anilines is 1. The quantitative estimate of drug-likeness (QED) is 0.364. The molecule has 0 aliphatic heterocycles. The SMILES string of the molecule is Cl.Cl.NC1=CC=C(c2ccc(N)cc2)CC1(S)S. The summed E-state index contributed by atoms with van der Waals surface area (Å²) in [5.41, 5.74) is 15.2. The Morgan fingerprint density at radius 3 is 2.00 bits per heavy atom. The van der Waals surface area contributed by atoms with Crippen LogP contribution in [0.3, 0.4) is 0 Å². The summed E-state index contributed by atoms with van der Waals surface area (Å²) in [7, 11) is 0. The van der Waals surface area contributed by atoms with Crippen molar-refractivity contribution in [3.63, 3.8) is 0 Å². The molecule has 0 radical (unpaired) electrons. The summed E-state index contributed by atoms with van der Waals surface area (Å²) >= 11 is 8.90. The predicted octanol–water partition coefficient (Wildman–Crippen LogP) is 3.30. The smallest absolute Gasteiger partial charge is 0.0986 e. The Hall–Kier alpha value is -0.420. The lowest BCUT2D eigenvalue weighted by molar-refractivity contribution is 0.932. The van der Waals surface area contributed by atoms with Crippen LogP contribution in [0.4, 0.5) is 5.69 Å². The summed E-state index contributed by atoms with van der Waals surface area (Å²) in [5, 5.41) is 0. The van der Waals surface area contributed by atoms with E-state index >= 15 is 0 Å². The minimum atomic E-state index is -0.564. The molecule has 18 heavy (non-hydrogen) atoms. The number of nitrogens with two attached hydrogens (primary N) is 2. The van der Waals surface area contributed by atoms with E-state index in [2.05, 4.69) is 25.3 Å². The van der Waals surface area contributed by atoms with Crippen molar-refractivity contribution in [3.05, 3.63) is 47.7 Å². The minimum Gasteiger partial charge on any atom is -0.400 e. The van der Waals surface area contributed by atoms with Crippen LogP contribution in [-0.2, 0) is 0 Å². The number of rotatable bonds is 1. The van der Waals surface area contributed by atoms with Gasteiger partial charge in [-0.2, -0.15) is 25.3 Å². The van der Waals surface area contributed by atoms with Crippen LogP contribution in [0.25, 0.3) is 5.57 Å². The maximum absolute atomic E-state index is 5.82. The second-order valence-corrected chi connectivity index (χ2v) is 5.81. The normalized spacial score (nSPS) is 16.8. The molecule has 0 spiro atoms. The van der Waals surface area contributed by atoms with Crippen molar-refractivity contribution in [2.75, 3.05) is 5.73 Å². The lowest BCUT2D eigenvalue weighted by atomic mass is 9.95. The molecule has 2 nitrogen and oxygen atoms in total. The summed E-state index contributed by atoms with van der Waals surface area (Å²) in [4.78, 5) is 0. The monoisotopic (exact) mass is 322 g/mol. The maximum Gasteiger partial charge on any atom is 0.0986 e. The first-order chi connectivity index (χ1) is 7.49. The van der Waals surface area contributed by atoms with Crippen molar-refractivity contribution >= 4 is 61.3 Å². The highest BCUT2D eigenvalue weighted by Crippen LogP contribution is 2.39. The van der Waals surface area contributed by atoms with Gasteiger partial charge in [0.05, 0.1) is 4.08 Å². The Bertz CT molecular complexity index is 467. The van der Waals surface area contributed by atoms with Gasteiger partial charge in [-0.25, -0.2) is 0 Å². The third kappa shape index (κ3) is 3.79. The van der Waals surface area contributed by atoms with E-state index in [4.69, 9.17) is 11.5 Å². The molecule has 2 rings (SSSR count). The molecule has 0 amide bonds. The average molecular weight is 323 g/mol. The van der Waals surface area contributed by atoms with E-state index in [1.165, 1.54) is 5.57 Å². The molecule has 0 bridgehead atoms. The second-order valence-electron chi connectivity index (χ2n) is 3.93. The van der Waals surface area contributed by atoms with Crippen molar-refractivity contribution in [1.29, 1.82) is 0 Å². The fourth-order valence-corrected chi connectivity index (χ4v) is 2.14. The number of hydrogen-bond donors (Lipinski definition) is 4. The third-order valence-corrected chi connectivity index (χ3v) is 3.48. The Balaban J connectivity index is 0.00000144. The van der Waals surface area contributed by atoms with E-state index in [0.717, 1.165) is 11.3 Å². The topological polar surface area (TPSA) is 52.0 Å². The van der Waals surface area contributed by atoms with E-state index in [1.807, 2.05) is 36.4 Å². The van der Waals surface area contributed by atoms with E-state index in [1.54, 1.807) is 0 Å². The van der Waals surface area contributed by atoms with E-state index < -0.39 is 4.08 Å². The van der Waals surface area contributed by atoms with Crippen LogP contribution in [-0.4, -0.2) is 4.08 Å². The van der Waals surface area contributed by atoms with Gasteiger partial charge in [0, 0.05) is 17.8 Å². The van der Waals surface area contributed by atoms with Crippen LogP contribution < -0.4 is 11.5 Å². The molecule has 4 N–H and O–H groups in total. The molecular formula is C12H16Cl2N2S2. The zero-order chi connectivity index (χ0) is 11.8. The first-order valence-corrected chi connectivity index (χ1v) is 5.86. The Labute approximate surface area is 131 Å². The van der Waals surface area contributed by atoms with Crippen LogP contribution in [0.2, 0.25) is 0 Å². The second kappa shape index (κ2) is 6.66. The van der Waals surface area contributed by atoms with Crippen molar-refractivity contribution < 1.29 is 0 Å². The standard InChI is InChI=1S/C12H14N2S2.2ClH/c13-10-4-1-8(2-5-10)9-3-6-11(14)12(15,16)7-9;;/h1-6,15-16H,7,13-14H2;2*1H. The molecule has 1 aromatic rings. The van der Waals surface area contributed by atoms with Gasteiger partial charge >= 0.3 is 0 Å². The summed E-state index contributed by atoms with van der Waals surface area (Å²) in [5.74, 6) is 0.